The second kappa shape index (κ2) is 7.17. The summed E-state index contributed by atoms with van der Waals surface area (Å²) < 4.78 is 0. The van der Waals surface area contributed by atoms with Crippen LogP contribution in [0.25, 0.3) is 0 Å². The highest BCUT2D eigenvalue weighted by molar-refractivity contribution is 6.44. The third-order valence-corrected chi connectivity index (χ3v) is 9.20. The Morgan fingerprint density at radius 1 is 1.18 bits per heavy atom. The van der Waals surface area contributed by atoms with Crippen LogP contribution in [0.5, 0.6) is 0 Å². The smallest absolute Gasteiger partial charge is 0.0404 e. The van der Waals surface area contributed by atoms with Gasteiger partial charge >= 0.3 is 0 Å². The van der Waals surface area contributed by atoms with Gasteiger partial charge in [-0.25, -0.2) is 0 Å². The van der Waals surface area contributed by atoms with E-state index in [-0.39, 0.29) is 9.52 Å². The first-order chi connectivity index (χ1) is 10.7. The molecule has 1 saturated carbocycles. The lowest BCUT2D eigenvalue weighted by molar-refractivity contribution is 0.460. The number of rotatable bonds is 6. The van der Waals surface area contributed by atoms with Gasteiger partial charge in [-0.05, 0) is 48.1 Å². The zero-order chi connectivity index (χ0) is 15.4. The molecule has 1 fully saturated rings. The molecule has 0 radical (unpaired) electrons. The van der Waals surface area contributed by atoms with E-state index >= 15 is 0 Å². The summed E-state index contributed by atoms with van der Waals surface area (Å²) in [5.41, 5.74) is 2.79. The zero-order valence-electron chi connectivity index (χ0n) is 14.4. The van der Waals surface area contributed by atoms with Gasteiger partial charge in [0.15, 0.2) is 0 Å². The number of hydrogen-bond donors (Lipinski definition) is 0. The van der Waals surface area contributed by atoms with Crippen LogP contribution < -0.4 is 0 Å². The normalized spacial score (nSPS) is 37.0. The summed E-state index contributed by atoms with van der Waals surface area (Å²) in [7, 11) is -0.131. The number of fused-ring (bicyclic) bond motifs is 1. The summed E-state index contributed by atoms with van der Waals surface area (Å²) in [6, 6.07) is 0. The first-order valence-corrected chi connectivity index (χ1v) is 11.0. The summed E-state index contributed by atoms with van der Waals surface area (Å²) in [6.45, 7) is 4.82. The second-order valence-corrected chi connectivity index (χ2v) is 10.7. The Hall–Kier alpha value is -0.823. The van der Waals surface area contributed by atoms with Crippen LogP contribution in [0.1, 0.15) is 58.8 Å². The number of unbranched alkanes of at least 4 members (excludes halogenated alkanes) is 2. The van der Waals surface area contributed by atoms with E-state index in [4.69, 9.17) is 0 Å². The van der Waals surface area contributed by atoms with Crippen molar-refractivity contribution in [2.24, 2.45) is 11.8 Å². The van der Waals surface area contributed by atoms with Gasteiger partial charge < -0.3 is 0 Å². The van der Waals surface area contributed by atoms with Crippen molar-refractivity contribution in [2.75, 3.05) is 0 Å². The van der Waals surface area contributed by atoms with Crippen molar-refractivity contribution in [1.29, 1.82) is 0 Å². The lowest BCUT2D eigenvalue weighted by Gasteiger charge is -2.34. The van der Waals surface area contributed by atoms with Crippen LogP contribution in [-0.2, 0) is 0 Å². The fourth-order valence-electron chi connectivity index (χ4n) is 4.98. The summed E-state index contributed by atoms with van der Waals surface area (Å²) >= 11 is 0. The first-order valence-electron chi connectivity index (χ1n) is 9.45. The van der Waals surface area contributed by atoms with E-state index < -0.39 is 0 Å². The zero-order valence-corrected chi connectivity index (χ0v) is 15.8. The molecular formula is C21H32Si. The average Bonchev–Trinajstić information content (AvgIpc) is 2.85. The van der Waals surface area contributed by atoms with E-state index in [9.17, 15) is 0 Å². The van der Waals surface area contributed by atoms with Gasteiger partial charge in [-0.3, -0.25) is 0 Å². The van der Waals surface area contributed by atoms with Crippen molar-refractivity contribution < 1.29 is 0 Å². The SMILES string of the molecule is CCCCCC1([SiH2]C2CC(C)C3CC=CC=C23)C=CC=CC1. The number of allylic oxidation sites excluding steroid dienone is 8. The van der Waals surface area contributed by atoms with Crippen LogP contribution >= 0.6 is 0 Å². The standard InChI is InChI=1S/C21H32Si/c1-3-4-8-13-21(14-9-5-10-15-21)22-20-16-17(2)18-11-6-7-12-19(18)20/h5-7,9-10,12,14,17-18,20H,3-4,8,11,13,15-16,22H2,1-2H3. The van der Waals surface area contributed by atoms with E-state index in [1.165, 1.54) is 44.9 Å². The molecule has 3 rings (SSSR count). The molecule has 4 atom stereocenters. The fourth-order valence-corrected chi connectivity index (χ4v) is 8.39. The van der Waals surface area contributed by atoms with E-state index in [1.807, 2.05) is 5.57 Å². The molecule has 1 heteroatoms. The van der Waals surface area contributed by atoms with Crippen molar-refractivity contribution >= 4 is 9.52 Å². The Bertz CT molecular complexity index is 496. The molecule has 0 bridgehead atoms. The highest BCUT2D eigenvalue weighted by atomic mass is 28.2. The molecule has 120 valence electrons. The predicted molar refractivity (Wildman–Crippen MR) is 101 cm³/mol. The number of hydrogen-bond acceptors (Lipinski definition) is 0. The van der Waals surface area contributed by atoms with Crippen molar-refractivity contribution in [2.45, 2.75) is 69.4 Å². The molecule has 0 heterocycles. The Labute approximate surface area is 139 Å². The van der Waals surface area contributed by atoms with Crippen LogP contribution in [0.3, 0.4) is 0 Å². The lowest BCUT2D eigenvalue weighted by atomic mass is 9.89. The molecule has 3 aliphatic rings. The highest BCUT2D eigenvalue weighted by Crippen LogP contribution is 2.53. The highest BCUT2D eigenvalue weighted by Gasteiger charge is 2.40. The van der Waals surface area contributed by atoms with Gasteiger partial charge in [0.25, 0.3) is 0 Å². The largest absolute Gasteiger partial charge is 0.0840 e. The third-order valence-electron chi connectivity index (χ3n) is 6.21. The summed E-state index contributed by atoms with van der Waals surface area (Å²) in [5, 5.41) is 0.575. The van der Waals surface area contributed by atoms with Crippen LogP contribution in [0.2, 0.25) is 10.6 Å². The molecule has 0 N–H and O–H groups in total. The minimum Gasteiger partial charge on any atom is -0.0840 e. The van der Waals surface area contributed by atoms with Crippen LogP contribution in [0.15, 0.2) is 48.1 Å². The molecule has 0 aliphatic heterocycles. The molecule has 0 aromatic rings. The third kappa shape index (κ3) is 3.40. The topological polar surface area (TPSA) is 0 Å². The maximum absolute atomic E-state index is 2.60. The first kappa shape index (κ1) is 16.0. The molecule has 3 aliphatic carbocycles. The Morgan fingerprint density at radius 3 is 2.86 bits per heavy atom. The van der Waals surface area contributed by atoms with Crippen molar-refractivity contribution in [3.63, 3.8) is 0 Å². The van der Waals surface area contributed by atoms with Gasteiger partial charge in [0, 0.05) is 9.52 Å². The van der Waals surface area contributed by atoms with E-state index in [1.54, 1.807) is 0 Å². The molecule has 0 aromatic carbocycles. The van der Waals surface area contributed by atoms with Gasteiger partial charge in [0.1, 0.15) is 0 Å². The van der Waals surface area contributed by atoms with Crippen LogP contribution in [-0.4, -0.2) is 9.52 Å². The molecule has 0 nitrogen and oxygen atoms in total. The minimum absolute atomic E-state index is 0.131. The monoisotopic (exact) mass is 312 g/mol. The molecular weight excluding hydrogens is 280 g/mol. The van der Waals surface area contributed by atoms with Gasteiger partial charge in [0.2, 0.25) is 0 Å². The molecule has 0 spiro atoms. The van der Waals surface area contributed by atoms with Crippen LogP contribution in [0.4, 0.5) is 0 Å². The lowest BCUT2D eigenvalue weighted by Crippen LogP contribution is -2.23. The second-order valence-electron chi connectivity index (χ2n) is 7.86. The van der Waals surface area contributed by atoms with E-state index in [0.29, 0.717) is 5.04 Å². The van der Waals surface area contributed by atoms with Crippen LogP contribution in [0, 0.1) is 11.8 Å². The molecule has 0 saturated heterocycles. The van der Waals surface area contributed by atoms with Crippen molar-refractivity contribution in [3.05, 3.63) is 48.1 Å². The van der Waals surface area contributed by atoms with Gasteiger partial charge in [-0.2, -0.15) is 0 Å². The summed E-state index contributed by atoms with van der Waals surface area (Å²) in [5.74, 6) is 1.78. The average molecular weight is 313 g/mol. The van der Waals surface area contributed by atoms with Gasteiger partial charge in [0.05, 0.1) is 0 Å². The predicted octanol–water partition coefficient (Wildman–Crippen LogP) is 5.74. The molecule has 22 heavy (non-hydrogen) atoms. The molecule has 0 aromatic heterocycles. The Balaban J connectivity index is 1.73. The Morgan fingerprint density at radius 2 is 2.09 bits per heavy atom. The summed E-state index contributed by atoms with van der Waals surface area (Å²) in [4.78, 5) is 0. The van der Waals surface area contributed by atoms with E-state index in [0.717, 1.165) is 17.4 Å². The Kier molecular flexibility index (Phi) is 5.23. The maximum Gasteiger partial charge on any atom is 0.0404 e. The van der Waals surface area contributed by atoms with E-state index in [2.05, 4.69) is 56.4 Å². The fraction of sp³-hybridized carbons (Fsp3) is 0.619. The summed E-state index contributed by atoms with van der Waals surface area (Å²) in [6.07, 6.45) is 26.5. The minimum atomic E-state index is -0.131. The molecule has 4 unspecified atom stereocenters. The van der Waals surface area contributed by atoms with Crippen molar-refractivity contribution in [1.82, 2.24) is 0 Å². The van der Waals surface area contributed by atoms with Gasteiger partial charge in [-0.15, -0.1) is 0 Å². The van der Waals surface area contributed by atoms with Gasteiger partial charge in [-0.1, -0.05) is 81.2 Å². The maximum atomic E-state index is 2.60. The van der Waals surface area contributed by atoms with Crippen molar-refractivity contribution in [3.8, 4) is 0 Å². The quantitative estimate of drug-likeness (QED) is 0.433. The molecule has 0 amide bonds.